The SMILES string of the molecule is NCCCC1C(=O)NC(Cc2ccc(I)cc2)C(=O)N1CCC(O)C(O)CO. The Labute approximate surface area is 178 Å². The number of nitrogens with zero attached hydrogens (tertiary/aromatic N) is 1. The van der Waals surface area contributed by atoms with E-state index in [0.29, 0.717) is 25.8 Å². The molecule has 8 nitrogen and oxygen atoms in total. The smallest absolute Gasteiger partial charge is 0.246 e. The van der Waals surface area contributed by atoms with Crippen LogP contribution in [0.2, 0.25) is 0 Å². The number of rotatable bonds is 10. The van der Waals surface area contributed by atoms with Gasteiger partial charge in [0.1, 0.15) is 18.2 Å². The third-order valence-electron chi connectivity index (χ3n) is 4.91. The van der Waals surface area contributed by atoms with Crippen molar-refractivity contribution in [2.75, 3.05) is 19.7 Å². The topological polar surface area (TPSA) is 136 Å². The summed E-state index contributed by atoms with van der Waals surface area (Å²) in [6, 6.07) is 6.41. The second kappa shape index (κ2) is 11.1. The molecule has 1 heterocycles. The average molecular weight is 505 g/mol. The highest BCUT2D eigenvalue weighted by molar-refractivity contribution is 14.1. The lowest BCUT2D eigenvalue weighted by molar-refractivity contribution is -0.150. The number of nitrogens with two attached hydrogens (primary N) is 1. The molecule has 0 radical (unpaired) electrons. The lowest BCUT2D eigenvalue weighted by Gasteiger charge is -2.39. The van der Waals surface area contributed by atoms with Crippen molar-refractivity contribution in [3.63, 3.8) is 0 Å². The predicted octanol–water partition coefficient (Wildman–Crippen LogP) is -0.628. The summed E-state index contributed by atoms with van der Waals surface area (Å²) in [5.41, 5.74) is 6.50. The van der Waals surface area contributed by atoms with Gasteiger partial charge in [-0.05, 0) is 66.1 Å². The van der Waals surface area contributed by atoms with Gasteiger partial charge in [0.25, 0.3) is 0 Å². The van der Waals surface area contributed by atoms with Gasteiger partial charge in [0.15, 0.2) is 0 Å². The lowest BCUT2D eigenvalue weighted by atomic mass is 9.97. The zero-order valence-corrected chi connectivity index (χ0v) is 17.8. The highest BCUT2D eigenvalue weighted by Gasteiger charge is 2.40. The van der Waals surface area contributed by atoms with Crippen molar-refractivity contribution >= 4 is 34.4 Å². The summed E-state index contributed by atoms with van der Waals surface area (Å²) < 4.78 is 1.08. The van der Waals surface area contributed by atoms with Crippen LogP contribution in [-0.4, -0.2) is 76.0 Å². The summed E-state index contributed by atoms with van der Waals surface area (Å²) >= 11 is 2.20. The Kier molecular flexibility index (Phi) is 9.09. The van der Waals surface area contributed by atoms with E-state index in [1.165, 1.54) is 4.90 Å². The molecule has 9 heteroatoms. The summed E-state index contributed by atoms with van der Waals surface area (Å²) in [4.78, 5) is 27.2. The van der Waals surface area contributed by atoms with Crippen LogP contribution in [0.1, 0.15) is 24.8 Å². The molecule has 4 atom stereocenters. The van der Waals surface area contributed by atoms with Gasteiger partial charge in [0.05, 0.1) is 12.7 Å². The summed E-state index contributed by atoms with van der Waals surface area (Å²) in [6.45, 7) is -0.0473. The van der Waals surface area contributed by atoms with Crippen LogP contribution in [0.15, 0.2) is 24.3 Å². The Morgan fingerprint density at radius 2 is 1.86 bits per heavy atom. The van der Waals surface area contributed by atoms with Gasteiger partial charge in [-0.1, -0.05) is 12.1 Å². The monoisotopic (exact) mass is 505 g/mol. The molecule has 1 aromatic rings. The van der Waals surface area contributed by atoms with Crippen molar-refractivity contribution in [2.45, 2.75) is 50.0 Å². The van der Waals surface area contributed by atoms with Gasteiger partial charge in [-0.3, -0.25) is 9.59 Å². The van der Waals surface area contributed by atoms with Crippen molar-refractivity contribution < 1.29 is 24.9 Å². The number of carbonyl (C=O) groups excluding carboxylic acids is 2. The number of hydrogen-bond acceptors (Lipinski definition) is 6. The molecule has 0 bridgehead atoms. The Balaban J connectivity index is 2.12. The largest absolute Gasteiger partial charge is 0.394 e. The van der Waals surface area contributed by atoms with Gasteiger partial charge < -0.3 is 31.3 Å². The number of aliphatic hydroxyl groups excluding tert-OH is 3. The molecular weight excluding hydrogens is 477 g/mol. The molecule has 6 N–H and O–H groups in total. The van der Waals surface area contributed by atoms with Gasteiger partial charge in [-0.15, -0.1) is 0 Å². The first-order valence-electron chi connectivity index (χ1n) is 9.39. The van der Waals surface area contributed by atoms with E-state index in [1.807, 2.05) is 24.3 Å². The first kappa shape index (κ1) is 23.0. The molecule has 0 aliphatic carbocycles. The third-order valence-corrected chi connectivity index (χ3v) is 5.63. The number of aliphatic hydroxyl groups is 3. The average Bonchev–Trinajstić information content (AvgIpc) is 2.69. The molecule has 2 rings (SSSR count). The quantitative estimate of drug-likeness (QED) is 0.269. The normalized spacial score (nSPS) is 22.1. The van der Waals surface area contributed by atoms with Crippen molar-refractivity contribution in [1.29, 1.82) is 0 Å². The van der Waals surface area contributed by atoms with Gasteiger partial charge in [0, 0.05) is 16.5 Å². The molecule has 1 aliphatic rings. The molecule has 1 aliphatic heterocycles. The van der Waals surface area contributed by atoms with Crippen LogP contribution in [0.3, 0.4) is 0 Å². The van der Waals surface area contributed by atoms with Gasteiger partial charge in [-0.25, -0.2) is 0 Å². The molecule has 1 fully saturated rings. The Hall–Kier alpha value is -1.27. The van der Waals surface area contributed by atoms with Crippen LogP contribution in [0.4, 0.5) is 0 Å². The Bertz CT molecular complexity index is 657. The van der Waals surface area contributed by atoms with Gasteiger partial charge in [-0.2, -0.15) is 0 Å². The maximum Gasteiger partial charge on any atom is 0.246 e. The fourth-order valence-electron chi connectivity index (χ4n) is 3.27. The zero-order chi connectivity index (χ0) is 20.7. The molecule has 0 saturated carbocycles. The van der Waals surface area contributed by atoms with E-state index < -0.39 is 30.9 Å². The minimum absolute atomic E-state index is 0.0656. The van der Waals surface area contributed by atoms with E-state index in [4.69, 9.17) is 10.8 Å². The van der Waals surface area contributed by atoms with Crippen LogP contribution in [0, 0.1) is 3.57 Å². The lowest BCUT2D eigenvalue weighted by Crippen LogP contribution is -2.64. The number of carbonyl (C=O) groups is 2. The highest BCUT2D eigenvalue weighted by Crippen LogP contribution is 2.19. The van der Waals surface area contributed by atoms with Gasteiger partial charge in [0.2, 0.25) is 11.8 Å². The molecule has 1 saturated heterocycles. The second-order valence-corrected chi connectivity index (χ2v) is 8.22. The zero-order valence-electron chi connectivity index (χ0n) is 15.6. The number of hydrogen-bond donors (Lipinski definition) is 5. The highest BCUT2D eigenvalue weighted by atomic mass is 127. The first-order valence-corrected chi connectivity index (χ1v) is 10.5. The van der Waals surface area contributed by atoms with Crippen LogP contribution < -0.4 is 11.1 Å². The van der Waals surface area contributed by atoms with Crippen molar-refractivity contribution in [2.24, 2.45) is 5.73 Å². The molecule has 28 heavy (non-hydrogen) atoms. The van der Waals surface area contributed by atoms with Crippen LogP contribution in [0.25, 0.3) is 0 Å². The fraction of sp³-hybridized carbons (Fsp3) is 0.579. The molecular formula is C19H28IN3O5. The third kappa shape index (κ3) is 6.11. The van der Waals surface area contributed by atoms with Crippen molar-refractivity contribution in [3.05, 3.63) is 33.4 Å². The number of amides is 2. The maximum absolute atomic E-state index is 13.1. The van der Waals surface area contributed by atoms with Gasteiger partial charge >= 0.3 is 0 Å². The maximum atomic E-state index is 13.1. The van der Waals surface area contributed by atoms with Crippen molar-refractivity contribution in [3.8, 4) is 0 Å². The molecule has 1 aromatic carbocycles. The summed E-state index contributed by atoms with van der Waals surface area (Å²) in [7, 11) is 0. The van der Waals surface area contributed by atoms with E-state index >= 15 is 0 Å². The minimum Gasteiger partial charge on any atom is -0.394 e. The van der Waals surface area contributed by atoms with E-state index in [0.717, 1.165) is 9.13 Å². The number of nitrogens with one attached hydrogen (secondary N) is 1. The van der Waals surface area contributed by atoms with Crippen LogP contribution in [0.5, 0.6) is 0 Å². The van der Waals surface area contributed by atoms with E-state index in [1.54, 1.807) is 0 Å². The Morgan fingerprint density at radius 3 is 2.46 bits per heavy atom. The Morgan fingerprint density at radius 1 is 1.18 bits per heavy atom. The number of benzene rings is 1. The van der Waals surface area contributed by atoms with E-state index in [-0.39, 0.29) is 24.8 Å². The standard InChI is InChI=1S/C19H28IN3O5/c20-13-5-3-12(4-6-13)10-14-19(28)23(9-7-16(25)17(26)11-24)15(2-1-8-21)18(27)22-14/h3-6,14-17,24-26H,1-2,7-11,21H2,(H,22,27). The number of piperazine rings is 1. The summed E-state index contributed by atoms with van der Waals surface area (Å²) in [6.07, 6.45) is -0.986. The molecule has 2 amide bonds. The molecule has 156 valence electrons. The first-order chi connectivity index (χ1) is 13.4. The molecule has 0 aromatic heterocycles. The van der Waals surface area contributed by atoms with Crippen molar-refractivity contribution in [1.82, 2.24) is 10.2 Å². The van der Waals surface area contributed by atoms with E-state index in [9.17, 15) is 19.8 Å². The fourth-order valence-corrected chi connectivity index (χ4v) is 3.63. The molecule has 0 spiro atoms. The summed E-state index contributed by atoms with van der Waals surface area (Å²) in [5.74, 6) is -0.452. The minimum atomic E-state index is -1.28. The van der Waals surface area contributed by atoms with E-state index in [2.05, 4.69) is 27.9 Å². The second-order valence-electron chi connectivity index (χ2n) is 6.98. The summed E-state index contributed by atoms with van der Waals surface area (Å²) in [5, 5.41) is 31.2. The predicted molar refractivity (Wildman–Crippen MR) is 112 cm³/mol. The number of halogens is 1. The molecule has 4 unspecified atom stereocenters. The van der Waals surface area contributed by atoms with Crippen LogP contribution >= 0.6 is 22.6 Å². The van der Waals surface area contributed by atoms with Crippen LogP contribution in [-0.2, 0) is 16.0 Å².